The van der Waals surface area contributed by atoms with E-state index in [1.54, 1.807) is 18.5 Å². The van der Waals surface area contributed by atoms with Crippen LogP contribution in [0.1, 0.15) is 12.7 Å². The molecule has 2 rings (SSSR count). The van der Waals surface area contributed by atoms with Crippen LogP contribution in [0.2, 0.25) is 10.0 Å². The normalized spacial score (nSPS) is 10.6. The minimum Gasteiger partial charge on any atom is -0.466 e. The van der Waals surface area contributed by atoms with Gasteiger partial charge in [-0.3, -0.25) is 9.59 Å². The number of thioether (sulfide) groups is 1. The molecule has 0 aliphatic carbocycles. The SMILES string of the molecule is CCOC(=O)Cc1nnc(SCC(=O)Nc2ncc(Cl)cc2Cl)n1C. The lowest BCUT2D eigenvalue weighted by molar-refractivity contribution is -0.142. The number of esters is 1. The first kappa shape index (κ1) is 19.5. The van der Waals surface area contributed by atoms with Crippen molar-refractivity contribution in [2.75, 3.05) is 17.7 Å². The van der Waals surface area contributed by atoms with Crippen molar-refractivity contribution in [1.29, 1.82) is 0 Å². The number of ether oxygens (including phenoxy) is 1. The van der Waals surface area contributed by atoms with Crippen LogP contribution in [0, 0.1) is 0 Å². The summed E-state index contributed by atoms with van der Waals surface area (Å²) in [6.07, 6.45) is 1.41. The molecule has 2 heterocycles. The molecule has 0 spiro atoms. The third-order valence-electron chi connectivity index (χ3n) is 2.93. The molecule has 0 fully saturated rings. The largest absolute Gasteiger partial charge is 0.466 e. The molecule has 11 heteroatoms. The van der Waals surface area contributed by atoms with E-state index in [9.17, 15) is 9.59 Å². The maximum absolute atomic E-state index is 12.0. The van der Waals surface area contributed by atoms with Crippen molar-refractivity contribution in [1.82, 2.24) is 19.7 Å². The Morgan fingerprint density at radius 1 is 1.36 bits per heavy atom. The molecule has 2 aromatic rings. The third-order valence-corrected chi connectivity index (χ3v) is 4.45. The van der Waals surface area contributed by atoms with Crippen LogP contribution in [-0.2, 0) is 27.8 Å². The second kappa shape index (κ2) is 9.02. The van der Waals surface area contributed by atoms with E-state index >= 15 is 0 Å². The molecule has 0 aliphatic rings. The predicted molar refractivity (Wildman–Crippen MR) is 95.0 cm³/mol. The Bertz CT molecular complexity index is 784. The molecule has 25 heavy (non-hydrogen) atoms. The first-order valence-electron chi connectivity index (χ1n) is 7.18. The van der Waals surface area contributed by atoms with E-state index < -0.39 is 0 Å². The van der Waals surface area contributed by atoms with Gasteiger partial charge in [-0.1, -0.05) is 35.0 Å². The summed E-state index contributed by atoms with van der Waals surface area (Å²) in [6.45, 7) is 2.04. The fourth-order valence-electron chi connectivity index (χ4n) is 1.77. The van der Waals surface area contributed by atoms with Gasteiger partial charge in [0.25, 0.3) is 0 Å². The lowest BCUT2D eigenvalue weighted by Gasteiger charge is -2.06. The fourth-order valence-corrected chi connectivity index (χ4v) is 2.93. The molecule has 8 nitrogen and oxygen atoms in total. The van der Waals surface area contributed by atoms with Gasteiger partial charge in [0.05, 0.1) is 22.4 Å². The summed E-state index contributed by atoms with van der Waals surface area (Å²) >= 11 is 12.9. The topological polar surface area (TPSA) is 99.0 Å². The molecule has 1 N–H and O–H groups in total. The zero-order valence-electron chi connectivity index (χ0n) is 13.5. The van der Waals surface area contributed by atoms with E-state index in [0.717, 1.165) is 0 Å². The number of pyridine rings is 1. The van der Waals surface area contributed by atoms with E-state index in [0.29, 0.717) is 22.6 Å². The molecule has 0 aliphatic heterocycles. The fraction of sp³-hybridized carbons (Fsp3) is 0.357. The zero-order chi connectivity index (χ0) is 18.4. The molecular weight excluding hydrogens is 389 g/mol. The Morgan fingerprint density at radius 3 is 2.80 bits per heavy atom. The van der Waals surface area contributed by atoms with Crippen molar-refractivity contribution < 1.29 is 14.3 Å². The second-order valence-corrected chi connectivity index (χ2v) is 6.55. The third kappa shape index (κ3) is 5.58. The summed E-state index contributed by atoms with van der Waals surface area (Å²) < 4.78 is 6.52. The Balaban J connectivity index is 1.91. The number of aromatic nitrogens is 4. The number of nitrogens with one attached hydrogen (secondary N) is 1. The molecule has 0 aromatic carbocycles. The molecule has 0 bridgehead atoms. The standard InChI is InChI=1S/C14H15Cl2N5O3S/c1-3-24-12(23)5-10-19-20-14(21(10)2)25-7-11(22)18-13-9(16)4-8(15)6-17-13/h4,6H,3,5,7H2,1-2H3,(H,17,18,22). The van der Waals surface area contributed by atoms with Crippen molar-refractivity contribution in [3.05, 3.63) is 28.1 Å². The monoisotopic (exact) mass is 403 g/mol. The molecule has 0 unspecified atom stereocenters. The van der Waals surface area contributed by atoms with Gasteiger partial charge in [-0.2, -0.15) is 0 Å². The van der Waals surface area contributed by atoms with Gasteiger partial charge < -0.3 is 14.6 Å². The number of nitrogens with zero attached hydrogens (tertiary/aromatic N) is 4. The number of rotatable bonds is 7. The van der Waals surface area contributed by atoms with E-state index in [2.05, 4.69) is 20.5 Å². The highest BCUT2D eigenvalue weighted by Gasteiger charge is 2.15. The summed E-state index contributed by atoms with van der Waals surface area (Å²) in [4.78, 5) is 27.5. The molecular formula is C14H15Cl2N5O3S. The van der Waals surface area contributed by atoms with Crippen LogP contribution in [0.3, 0.4) is 0 Å². The Morgan fingerprint density at radius 2 is 2.12 bits per heavy atom. The van der Waals surface area contributed by atoms with Crippen molar-refractivity contribution in [3.8, 4) is 0 Å². The minimum atomic E-state index is -0.379. The van der Waals surface area contributed by atoms with Gasteiger partial charge in [0.1, 0.15) is 12.2 Å². The lowest BCUT2D eigenvalue weighted by atomic mass is 10.4. The minimum absolute atomic E-state index is 0.0222. The summed E-state index contributed by atoms with van der Waals surface area (Å²) in [6, 6.07) is 1.49. The number of carbonyl (C=O) groups is 2. The van der Waals surface area contributed by atoms with Crippen molar-refractivity contribution >= 4 is 52.7 Å². The van der Waals surface area contributed by atoms with Crippen LogP contribution in [-0.4, -0.2) is 44.0 Å². The van der Waals surface area contributed by atoms with Gasteiger partial charge in [-0.05, 0) is 13.0 Å². The quantitative estimate of drug-likeness (QED) is 0.559. The smallest absolute Gasteiger partial charge is 0.313 e. The first-order chi connectivity index (χ1) is 11.9. The van der Waals surface area contributed by atoms with Gasteiger partial charge in [0, 0.05) is 13.2 Å². The maximum Gasteiger partial charge on any atom is 0.313 e. The van der Waals surface area contributed by atoms with Crippen molar-refractivity contribution in [2.45, 2.75) is 18.5 Å². The van der Waals surface area contributed by atoms with Gasteiger partial charge >= 0.3 is 5.97 Å². The predicted octanol–water partition coefficient (Wildman–Crippen LogP) is 2.35. The average Bonchev–Trinajstić information content (AvgIpc) is 2.89. The van der Waals surface area contributed by atoms with E-state index in [1.807, 2.05) is 0 Å². The summed E-state index contributed by atoms with van der Waals surface area (Å²) in [5.74, 6) is 0.0836. The number of amides is 1. The summed E-state index contributed by atoms with van der Waals surface area (Å²) in [5.41, 5.74) is 0. The van der Waals surface area contributed by atoms with Crippen LogP contribution in [0.25, 0.3) is 0 Å². The van der Waals surface area contributed by atoms with Crippen LogP contribution >= 0.6 is 35.0 Å². The summed E-state index contributed by atoms with van der Waals surface area (Å²) in [7, 11) is 1.71. The molecule has 134 valence electrons. The van der Waals surface area contributed by atoms with Gasteiger partial charge in [-0.15, -0.1) is 10.2 Å². The Labute approximate surface area is 158 Å². The number of hydrogen-bond donors (Lipinski definition) is 1. The van der Waals surface area contributed by atoms with Crippen molar-refractivity contribution in [3.63, 3.8) is 0 Å². The average molecular weight is 404 g/mol. The van der Waals surface area contributed by atoms with E-state index in [-0.39, 0.29) is 34.9 Å². The molecule has 0 radical (unpaired) electrons. The Kier molecular flexibility index (Phi) is 7.03. The van der Waals surface area contributed by atoms with Crippen LogP contribution in [0.4, 0.5) is 5.82 Å². The van der Waals surface area contributed by atoms with Crippen LogP contribution in [0.15, 0.2) is 17.4 Å². The molecule has 1 amide bonds. The van der Waals surface area contributed by atoms with E-state index in [1.165, 1.54) is 24.0 Å². The maximum atomic E-state index is 12.0. The zero-order valence-corrected chi connectivity index (χ0v) is 15.8. The number of hydrogen-bond acceptors (Lipinski definition) is 7. The highest BCUT2D eigenvalue weighted by molar-refractivity contribution is 7.99. The van der Waals surface area contributed by atoms with Gasteiger partial charge in [-0.25, -0.2) is 4.98 Å². The first-order valence-corrected chi connectivity index (χ1v) is 8.92. The van der Waals surface area contributed by atoms with Crippen LogP contribution < -0.4 is 5.32 Å². The summed E-state index contributed by atoms with van der Waals surface area (Å²) in [5, 5.41) is 11.6. The highest BCUT2D eigenvalue weighted by atomic mass is 35.5. The van der Waals surface area contributed by atoms with Gasteiger partial charge in [0.15, 0.2) is 11.0 Å². The van der Waals surface area contributed by atoms with Gasteiger partial charge in [0.2, 0.25) is 5.91 Å². The Hall–Kier alpha value is -1.84. The van der Waals surface area contributed by atoms with Crippen molar-refractivity contribution in [2.24, 2.45) is 7.05 Å². The van der Waals surface area contributed by atoms with Crippen LogP contribution in [0.5, 0.6) is 0 Å². The number of anilines is 1. The van der Waals surface area contributed by atoms with E-state index in [4.69, 9.17) is 27.9 Å². The molecule has 0 atom stereocenters. The lowest BCUT2D eigenvalue weighted by Crippen LogP contribution is -2.16. The molecule has 0 saturated carbocycles. The molecule has 2 aromatic heterocycles. The second-order valence-electron chi connectivity index (χ2n) is 4.76. The molecule has 0 saturated heterocycles. The highest BCUT2D eigenvalue weighted by Crippen LogP contribution is 2.23. The number of halogens is 2. The number of carbonyl (C=O) groups excluding carboxylic acids is 2.